The fourth-order valence-electron chi connectivity index (χ4n) is 1.32. The predicted molar refractivity (Wildman–Crippen MR) is 61.7 cm³/mol. The van der Waals surface area contributed by atoms with Gasteiger partial charge in [0.2, 0.25) is 0 Å². The number of hydrogen-bond donors (Lipinski definition) is 1. The molecule has 2 nitrogen and oxygen atoms in total. The zero-order valence-corrected chi connectivity index (χ0v) is 9.51. The zero-order chi connectivity index (χ0) is 10.4. The molecule has 0 bridgehead atoms. The summed E-state index contributed by atoms with van der Waals surface area (Å²) in [6, 6.07) is 8.04. The lowest BCUT2D eigenvalue weighted by Gasteiger charge is -2.15. The van der Waals surface area contributed by atoms with Crippen molar-refractivity contribution in [2.75, 3.05) is 27.3 Å². The second-order valence-corrected chi connectivity index (χ2v) is 3.90. The van der Waals surface area contributed by atoms with Gasteiger partial charge in [0.1, 0.15) is 0 Å². The summed E-state index contributed by atoms with van der Waals surface area (Å²) in [4.78, 5) is 2.24. The van der Waals surface area contributed by atoms with Gasteiger partial charge >= 0.3 is 0 Å². The summed E-state index contributed by atoms with van der Waals surface area (Å²) >= 11 is 5.80. The molecule has 0 atom stereocenters. The number of nitrogens with one attached hydrogen (secondary N) is 1. The van der Waals surface area contributed by atoms with Gasteiger partial charge in [0.25, 0.3) is 0 Å². The Kier molecular flexibility index (Phi) is 4.94. The molecule has 0 saturated heterocycles. The normalized spacial score (nSPS) is 10.9. The third-order valence-corrected chi connectivity index (χ3v) is 2.38. The second kappa shape index (κ2) is 6.02. The van der Waals surface area contributed by atoms with Crippen LogP contribution in [0.1, 0.15) is 5.56 Å². The highest BCUT2D eigenvalue weighted by molar-refractivity contribution is 6.30. The van der Waals surface area contributed by atoms with E-state index in [-0.39, 0.29) is 0 Å². The largest absolute Gasteiger partial charge is 0.307 e. The van der Waals surface area contributed by atoms with Crippen molar-refractivity contribution in [1.29, 1.82) is 0 Å². The smallest absolute Gasteiger partial charge is 0.0475 e. The Labute approximate surface area is 90.9 Å². The zero-order valence-electron chi connectivity index (χ0n) is 8.76. The number of hydrogen-bond acceptors (Lipinski definition) is 2. The van der Waals surface area contributed by atoms with Crippen molar-refractivity contribution in [3.8, 4) is 0 Å². The fourth-order valence-corrected chi connectivity index (χ4v) is 1.45. The van der Waals surface area contributed by atoms with Gasteiger partial charge in [0.15, 0.2) is 0 Å². The minimum atomic E-state index is 0.803. The van der Waals surface area contributed by atoms with Gasteiger partial charge in [-0.1, -0.05) is 23.7 Å². The molecule has 1 aromatic carbocycles. The number of likely N-dealkylation sites (N-methyl/N-ethyl adjacent to an activating group) is 1. The summed E-state index contributed by atoms with van der Waals surface area (Å²) < 4.78 is 0. The highest BCUT2D eigenvalue weighted by atomic mass is 35.5. The molecular weight excluding hydrogens is 196 g/mol. The average molecular weight is 213 g/mol. The molecule has 78 valence electrons. The van der Waals surface area contributed by atoms with Crippen molar-refractivity contribution >= 4 is 11.6 Å². The minimum absolute atomic E-state index is 0.803. The first-order valence-corrected chi connectivity index (χ1v) is 5.18. The van der Waals surface area contributed by atoms with E-state index in [0.717, 1.165) is 24.7 Å². The molecule has 3 heteroatoms. The SMILES string of the molecule is CNCN(C)CCc1ccc(Cl)cc1. The Hall–Kier alpha value is -0.570. The van der Waals surface area contributed by atoms with E-state index in [9.17, 15) is 0 Å². The Morgan fingerprint density at radius 2 is 1.93 bits per heavy atom. The van der Waals surface area contributed by atoms with Gasteiger partial charge in [0, 0.05) is 18.2 Å². The average Bonchev–Trinajstić information content (AvgIpc) is 2.17. The second-order valence-electron chi connectivity index (χ2n) is 3.47. The fraction of sp³-hybridized carbons (Fsp3) is 0.455. The molecule has 0 heterocycles. The predicted octanol–water partition coefficient (Wildman–Crippen LogP) is 1.99. The molecule has 0 aliphatic rings. The van der Waals surface area contributed by atoms with E-state index in [1.54, 1.807) is 0 Å². The van der Waals surface area contributed by atoms with Gasteiger partial charge in [0.05, 0.1) is 0 Å². The molecular formula is C11H17ClN2. The summed E-state index contributed by atoms with van der Waals surface area (Å²) in [7, 11) is 4.06. The Bertz CT molecular complexity index is 258. The van der Waals surface area contributed by atoms with Crippen LogP contribution in [-0.4, -0.2) is 32.2 Å². The molecule has 1 rings (SSSR count). The molecule has 0 aliphatic carbocycles. The number of rotatable bonds is 5. The first-order chi connectivity index (χ1) is 6.72. The molecule has 0 radical (unpaired) electrons. The third-order valence-electron chi connectivity index (χ3n) is 2.12. The summed E-state index contributed by atoms with van der Waals surface area (Å²) in [5.41, 5.74) is 1.33. The molecule has 0 saturated carbocycles. The lowest BCUT2D eigenvalue weighted by atomic mass is 10.1. The monoisotopic (exact) mass is 212 g/mol. The summed E-state index contributed by atoms with van der Waals surface area (Å²) in [6.07, 6.45) is 1.06. The number of benzene rings is 1. The van der Waals surface area contributed by atoms with Crippen molar-refractivity contribution in [2.24, 2.45) is 0 Å². The van der Waals surface area contributed by atoms with E-state index in [2.05, 4.69) is 29.4 Å². The van der Waals surface area contributed by atoms with Crippen LogP contribution in [0.25, 0.3) is 0 Å². The quantitative estimate of drug-likeness (QED) is 0.752. The minimum Gasteiger partial charge on any atom is -0.307 e. The third kappa shape index (κ3) is 4.09. The van der Waals surface area contributed by atoms with Gasteiger partial charge in [-0.25, -0.2) is 0 Å². The van der Waals surface area contributed by atoms with Gasteiger partial charge < -0.3 is 5.32 Å². The number of halogens is 1. The summed E-state index contributed by atoms with van der Waals surface area (Å²) in [5, 5.41) is 3.92. The van der Waals surface area contributed by atoms with E-state index in [0.29, 0.717) is 0 Å². The van der Waals surface area contributed by atoms with Crippen LogP contribution in [0.4, 0.5) is 0 Å². The van der Waals surface area contributed by atoms with E-state index in [1.165, 1.54) is 5.56 Å². The topological polar surface area (TPSA) is 15.3 Å². The van der Waals surface area contributed by atoms with Gasteiger partial charge in [-0.05, 0) is 38.2 Å². The van der Waals surface area contributed by atoms with Crippen LogP contribution in [0.15, 0.2) is 24.3 Å². The molecule has 0 amide bonds. The van der Waals surface area contributed by atoms with E-state index >= 15 is 0 Å². The van der Waals surface area contributed by atoms with Gasteiger partial charge in [-0.3, -0.25) is 4.90 Å². The Balaban J connectivity index is 2.34. The van der Waals surface area contributed by atoms with Crippen molar-refractivity contribution in [2.45, 2.75) is 6.42 Å². The van der Waals surface area contributed by atoms with Gasteiger partial charge in [-0.15, -0.1) is 0 Å². The molecule has 14 heavy (non-hydrogen) atoms. The molecule has 0 fully saturated rings. The molecule has 1 N–H and O–H groups in total. The van der Waals surface area contributed by atoms with Crippen LogP contribution < -0.4 is 5.32 Å². The Morgan fingerprint density at radius 1 is 1.29 bits per heavy atom. The Morgan fingerprint density at radius 3 is 2.50 bits per heavy atom. The van der Waals surface area contributed by atoms with Crippen molar-refractivity contribution in [1.82, 2.24) is 10.2 Å². The van der Waals surface area contributed by atoms with Crippen LogP contribution in [0.5, 0.6) is 0 Å². The molecule has 1 aromatic rings. The lowest BCUT2D eigenvalue weighted by molar-refractivity contribution is 0.321. The summed E-state index contributed by atoms with van der Waals surface area (Å²) in [5.74, 6) is 0. The standard InChI is InChI=1S/C11H17ClN2/c1-13-9-14(2)8-7-10-3-5-11(12)6-4-10/h3-6,13H,7-9H2,1-2H3. The highest BCUT2D eigenvalue weighted by Crippen LogP contribution is 2.09. The lowest BCUT2D eigenvalue weighted by Crippen LogP contribution is -2.30. The maximum absolute atomic E-state index is 5.80. The molecule has 0 spiro atoms. The van der Waals surface area contributed by atoms with Crippen LogP contribution >= 0.6 is 11.6 Å². The van der Waals surface area contributed by atoms with Crippen molar-refractivity contribution in [3.63, 3.8) is 0 Å². The molecule has 0 unspecified atom stereocenters. The molecule has 0 aliphatic heterocycles. The maximum Gasteiger partial charge on any atom is 0.0475 e. The van der Waals surface area contributed by atoms with Crippen molar-refractivity contribution in [3.05, 3.63) is 34.9 Å². The van der Waals surface area contributed by atoms with E-state index in [1.807, 2.05) is 19.2 Å². The van der Waals surface area contributed by atoms with Crippen LogP contribution in [-0.2, 0) is 6.42 Å². The van der Waals surface area contributed by atoms with Crippen LogP contribution in [0.2, 0.25) is 5.02 Å². The maximum atomic E-state index is 5.80. The number of nitrogens with zero attached hydrogens (tertiary/aromatic N) is 1. The van der Waals surface area contributed by atoms with Gasteiger partial charge in [-0.2, -0.15) is 0 Å². The van der Waals surface area contributed by atoms with Crippen molar-refractivity contribution < 1.29 is 0 Å². The first-order valence-electron chi connectivity index (χ1n) is 4.80. The van der Waals surface area contributed by atoms with Crippen LogP contribution in [0, 0.1) is 0 Å². The summed E-state index contributed by atoms with van der Waals surface area (Å²) in [6.45, 7) is 1.98. The first kappa shape index (κ1) is 11.5. The van der Waals surface area contributed by atoms with Crippen LogP contribution in [0.3, 0.4) is 0 Å². The van der Waals surface area contributed by atoms with E-state index < -0.39 is 0 Å². The van der Waals surface area contributed by atoms with E-state index in [4.69, 9.17) is 11.6 Å². The highest BCUT2D eigenvalue weighted by Gasteiger charge is 1.97. The molecule has 0 aromatic heterocycles.